The van der Waals surface area contributed by atoms with Crippen molar-refractivity contribution in [2.24, 2.45) is 5.92 Å². The van der Waals surface area contributed by atoms with E-state index in [-0.39, 0.29) is 30.9 Å². The van der Waals surface area contributed by atoms with Crippen LogP contribution in [-0.2, 0) is 9.59 Å². The minimum absolute atomic E-state index is 0.0721. The number of hydrogen-bond donors (Lipinski definition) is 2. The Labute approximate surface area is 110 Å². The highest BCUT2D eigenvalue weighted by atomic mass is 16.7. The van der Waals surface area contributed by atoms with Gasteiger partial charge in [0.2, 0.25) is 18.6 Å². The topological polar surface area (TPSA) is 76.7 Å². The Balaban J connectivity index is 1.67. The van der Waals surface area contributed by atoms with Crippen LogP contribution >= 0.6 is 0 Å². The standard InChI is InChI=1S/C13H14N2O4/c16-12-5-8(3-4-14-12)13(17)15-9-1-2-10-11(6-9)19-7-18-10/h1-2,6,8H,3-5,7H2,(H,14,16)(H,15,17). The summed E-state index contributed by atoms with van der Waals surface area (Å²) >= 11 is 0. The number of benzene rings is 1. The third-order valence-electron chi connectivity index (χ3n) is 3.26. The Kier molecular flexibility index (Phi) is 2.98. The van der Waals surface area contributed by atoms with Gasteiger partial charge in [0.1, 0.15) is 0 Å². The van der Waals surface area contributed by atoms with E-state index in [0.29, 0.717) is 30.2 Å². The molecule has 1 saturated heterocycles. The van der Waals surface area contributed by atoms with Crippen molar-refractivity contribution in [1.82, 2.24) is 5.32 Å². The molecular weight excluding hydrogens is 248 g/mol. The number of amides is 2. The molecule has 1 atom stereocenters. The summed E-state index contributed by atoms with van der Waals surface area (Å²) < 4.78 is 10.4. The molecule has 0 radical (unpaired) electrons. The molecule has 3 rings (SSSR count). The summed E-state index contributed by atoms with van der Waals surface area (Å²) in [7, 11) is 0. The van der Waals surface area contributed by atoms with Crippen molar-refractivity contribution < 1.29 is 19.1 Å². The van der Waals surface area contributed by atoms with E-state index in [9.17, 15) is 9.59 Å². The summed E-state index contributed by atoms with van der Waals surface area (Å²) in [4.78, 5) is 23.3. The number of hydrogen-bond acceptors (Lipinski definition) is 4. The lowest BCUT2D eigenvalue weighted by molar-refractivity contribution is -0.129. The lowest BCUT2D eigenvalue weighted by Crippen LogP contribution is -2.38. The van der Waals surface area contributed by atoms with Crippen molar-refractivity contribution in [3.63, 3.8) is 0 Å². The van der Waals surface area contributed by atoms with Crippen molar-refractivity contribution in [2.75, 3.05) is 18.7 Å². The van der Waals surface area contributed by atoms with Crippen molar-refractivity contribution in [2.45, 2.75) is 12.8 Å². The van der Waals surface area contributed by atoms with Gasteiger partial charge in [0.25, 0.3) is 0 Å². The number of carbonyl (C=O) groups excluding carboxylic acids is 2. The molecule has 1 unspecified atom stereocenters. The van der Waals surface area contributed by atoms with Gasteiger partial charge < -0.3 is 20.1 Å². The highest BCUT2D eigenvalue weighted by Gasteiger charge is 2.25. The molecule has 1 aromatic carbocycles. The van der Waals surface area contributed by atoms with Crippen molar-refractivity contribution in [3.8, 4) is 11.5 Å². The Morgan fingerprint density at radius 1 is 1.32 bits per heavy atom. The average molecular weight is 262 g/mol. The maximum Gasteiger partial charge on any atom is 0.231 e. The van der Waals surface area contributed by atoms with E-state index in [2.05, 4.69) is 10.6 Å². The zero-order chi connectivity index (χ0) is 13.2. The first-order valence-electron chi connectivity index (χ1n) is 6.19. The summed E-state index contributed by atoms with van der Waals surface area (Å²) in [6.45, 7) is 0.758. The molecule has 2 amide bonds. The van der Waals surface area contributed by atoms with E-state index in [1.807, 2.05) is 0 Å². The van der Waals surface area contributed by atoms with E-state index in [1.54, 1.807) is 18.2 Å². The number of fused-ring (bicyclic) bond motifs is 1. The number of piperidine rings is 1. The van der Waals surface area contributed by atoms with Crippen LogP contribution in [0.3, 0.4) is 0 Å². The second-order valence-electron chi connectivity index (χ2n) is 4.60. The zero-order valence-corrected chi connectivity index (χ0v) is 10.3. The molecular formula is C13H14N2O4. The first kappa shape index (κ1) is 11.8. The van der Waals surface area contributed by atoms with E-state index in [1.165, 1.54) is 0 Å². The predicted molar refractivity (Wildman–Crippen MR) is 66.9 cm³/mol. The summed E-state index contributed by atoms with van der Waals surface area (Å²) in [5, 5.41) is 5.52. The number of ether oxygens (including phenoxy) is 2. The molecule has 0 aromatic heterocycles. The maximum absolute atomic E-state index is 12.1. The fraction of sp³-hybridized carbons (Fsp3) is 0.385. The summed E-state index contributed by atoms with van der Waals surface area (Å²) in [5.41, 5.74) is 0.653. The molecule has 2 N–H and O–H groups in total. The number of rotatable bonds is 2. The van der Waals surface area contributed by atoms with Crippen LogP contribution in [0.15, 0.2) is 18.2 Å². The third-order valence-corrected chi connectivity index (χ3v) is 3.26. The van der Waals surface area contributed by atoms with Gasteiger partial charge in [-0.05, 0) is 18.6 Å². The molecule has 2 aliphatic heterocycles. The van der Waals surface area contributed by atoms with Gasteiger partial charge in [-0.15, -0.1) is 0 Å². The van der Waals surface area contributed by atoms with E-state index in [0.717, 1.165) is 0 Å². The molecule has 1 aromatic rings. The highest BCUT2D eigenvalue weighted by molar-refractivity contribution is 5.96. The fourth-order valence-electron chi connectivity index (χ4n) is 2.23. The zero-order valence-electron chi connectivity index (χ0n) is 10.3. The Morgan fingerprint density at radius 3 is 3.00 bits per heavy atom. The Morgan fingerprint density at radius 2 is 2.16 bits per heavy atom. The lowest BCUT2D eigenvalue weighted by atomic mass is 9.96. The largest absolute Gasteiger partial charge is 0.454 e. The Hall–Kier alpha value is -2.24. The number of nitrogens with one attached hydrogen (secondary N) is 2. The molecule has 2 heterocycles. The minimum atomic E-state index is -0.265. The van der Waals surface area contributed by atoms with Gasteiger partial charge in [-0.2, -0.15) is 0 Å². The van der Waals surface area contributed by atoms with Crippen LogP contribution in [0.5, 0.6) is 11.5 Å². The second kappa shape index (κ2) is 4.79. The van der Waals surface area contributed by atoms with Crippen molar-refractivity contribution in [3.05, 3.63) is 18.2 Å². The second-order valence-corrected chi connectivity index (χ2v) is 4.60. The molecule has 19 heavy (non-hydrogen) atoms. The van der Waals surface area contributed by atoms with Crippen molar-refractivity contribution >= 4 is 17.5 Å². The molecule has 0 saturated carbocycles. The van der Waals surface area contributed by atoms with Gasteiger partial charge in [0.15, 0.2) is 11.5 Å². The Bertz CT molecular complexity index is 529. The molecule has 6 nitrogen and oxygen atoms in total. The van der Waals surface area contributed by atoms with Crippen LogP contribution in [0.4, 0.5) is 5.69 Å². The van der Waals surface area contributed by atoms with Crippen LogP contribution in [0.25, 0.3) is 0 Å². The average Bonchev–Trinajstić information content (AvgIpc) is 2.86. The molecule has 100 valence electrons. The quantitative estimate of drug-likeness (QED) is 0.829. The summed E-state index contributed by atoms with van der Waals surface area (Å²) in [6.07, 6.45) is 0.915. The molecule has 6 heteroatoms. The maximum atomic E-state index is 12.1. The van der Waals surface area contributed by atoms with E-state index in [4.69, 9.17) is 9.47 Å². The van der Waals surface area contributed by atoms with Gasteiger partial charge in [0, 0.05) is 30.6 Å². The SMILES string of the molecule is O=C1CC(C(=O)Nc2ccc3c(c2)OCO3)CCN1. The lowest BCUT2D eigenvalue weighted by Gasteiger charge is -2.21. The molecule has 0 bridgehead atoms. The normalized spacial score (nSPS) is 20.8. The van der Waals surface area contributed by atoms with Crippen LogP contribution < -0.4 is 20.1 Å². The third kappa shape index (κ3) is 2.47. The minimum Gasteiger partial charge on any atom is -0.454 e. The molecule has 2 aliphatic rings. The fourth-order valence-corrected chi connectivity index (χ4v) is 2.23. The number of carbonyl (C=O) groups is 2. The molecule has 1 fully saturated rings. The van der Waals surface area contributed by atoms with Gasteiger partial charge in [-0.1, -0.05) is 0 Å². The first-order valence-corrected chi connectivity index (χ1v) is 6.19. The highest BCUT2D eigenvalue weighted by Crippen LogP contribution is 2.34. The van der Waals surface area contributed by atoms with Gasteiger partial charge in [-0.25, -0.2) is 0 Å². The summed E-state index contributed by atoms with van der Waals surface area (Å²) in [6, 6.07) is 5.24. The van der Waals surface area contributed by atoms with Crippen molar-refractivity contribution in [1.29, 1.82) is 0 Å². The van der Waals surface area contributed by atoms with Crippen LogP contribution in [0, 0.1) is 5.92 Å². The molecule has 0 spiro atoms. The monoisotopic (exact) mass is 262 g/mol. The van der Waals surface area contributed by atoms with Crippen LogP contribution in [0.2, 0.25) is 0 Å². The van der Waals surface area contributed by atoms with E-state index >= 15 is 0 Å². The smallest absolute Gasteiger partial charge is 0.231 e. The van der Waals surface area contributed by atoms with Gasteiger partial charge in [-0.3, -0.25) is 9.59 Å². The summed E-state index contributed by atoms with van der Waals surface area (Å²) in [5.74, 6) is 0.833. The molecule has 0 aliphatic carbocycles. The van der Waals surface area contributed by atoms with Crippen LogP contribution in [0.1, 0.15) is 12.8 Å². The van der Waals surface area contributed by atoms with E-state index < -0.39 is 0 Å². The van der Waals surface area contributed by atoms with Crippen LogP contribution in [-0.4, -0.2) is 25.2 Å². The first-order chi connectivity index (χ1) is 9.22. The number of anilines is 1. The predicted octanol–water partition coefficient (Wildman–Crippen LogP) is 0.880. The van der Waals surface area contributed by atoms with Gasteiger partial charge >= 0.3 is 0 Å². The van der Waals surface area contributed by atoms with Gasteiger partial charge in [0.05, 0.1) is 0 Å².